The van der Waals surface area contributed by atoms with E-state index in [1.54, 1.807) is 0 Å². The van der Waals surface area contributed by atoms with Crippen molar-refractivity contribution in [1.29, 1.82) is 0 Å². The van der Waals surface area contributed by atoms with Crippen LogP contribution in [-0.4, -0.2) is 11.1 Å². The smallest absolute Gasteiger partial charge is 0.0486 e. The van der Waals surface area contributed by atoms with E-state index in [-0.39, 0.29) is 0 Å². The average molecular weight is 270 g/mol. The van der Waals surface area contributed by atoms with Crippen molar-refractivity contribution in [2.45, 2.75) is 40.3 Å². The topological polar surface area (TPSA) is 17.0 Å². The normalized spacial score (nSPS) is 11.4. The van der Waals surface area contributed by atoms with Gasteiger partial charge < -0.3 is 9.88 Å². The van der Waals surface area contributed by atoms with E-state index in [4.69, 9.17) is 0 Å². The number of benzene rings is 1. The molecule has 0 aliphatic rings. The molecule has 0 saturated heterocycles. The Hall–Kier alpha value is -1.54. The molecule has 0 radical (unpaired) electrons. The van der Waals surface area contributed by atoms with Crippen molar-refractivity contribution in [2.75, 3.05) is 6.54 Å². The number of nitrogens with one attached hydrogen (secondary N) is 1. The average Bonchev–Trinajstić information content (AvgIpc) is 2.81. The van der Waals surface area contributed by atoms with Gasteiger partial charge in [-0.05, 0) is 42.0 Å². The quantitative estimate of drug-likeness (QED) is 0.740. The molecule has 2 heteroatoms. The Labute approximate surface area is 122 Å². The molecule has 20 heavy (non-hydrogen) atoms. The minimum absolute atomic E-state index is 0.690. The highest BCUT2D eigenvalue weighted by atomic mass is 15.0. The van der Waals surface area contributed by atoms with E-state index in [9.17, 15) is 0 Å². The SMILES string of the molecule is C=C(CC)Cn1ccc2ccc(CNCC(C)C)cc21. The van der Waals surface area contributed by atoms with Crippen LogP contribution in [-0.2, 0) is 13.1 Å². The number of hydrogen-bond acceptors (Lipinski definition) is 1. The molecule has 2 rings (SSSR count). The fourth-order valence-electron chi connectivity index (χ4n) is 2.34. The maximum Gasteiger partial charge on any atom is 0.0486 e. The minimum Gasteiger partial charge on any atom is -0.343 e. The van der Waals surface area contributed by atoms with E-state index in [0.29, 0.717) is 5.92 Å². The van der Waals surface area contributed by atoms with Crippen molar-refractivity contribution in [3.8, 4) is 0 Å². The monoisotopic (exact) mass is 270 g/mol. The largest absolute Gasteiger partial charge is 0.343 e. The summed E-state index contributed by atoms with van der Waals surface area (Å²) in [6, 6.07) is 8.91. The van der Waals surface area contributed by atoms with Crippen molar-refractivity contribution in [1.82, 2.24) is 9.88 Å². The van der Waals surface area contributed by atoms with E-state index in [1.807, 2.05) is 0 Å². The predicted octanol–water partition coefficient (Wildman–Crippen LogP) is 4.35. The van der Waals surface area contributed by atoms with E-state index in [0.717, 1.165) is 26.1 Å². The zero-order chi connectivity index (χ0) is 14.5. The second-order valence-corrected chi connectivity index (χ2v) is 5.97. The van der Waals surface area contributed by atoms with Gasteiger partial charge in [-0.1, -0.05) is 45.1 Å². The van der Waals surface area contributed by atoms with E-state index < -0.39 is 0 Å². The number of allylic oxidation sites excluding steroid dienone is 1. The first-order chi connectivity index (χ1) is 9.60. The Balaban J connectivity index is 2.14. The van der Waals surface area contributed by atoms with Gasteiger partial charge in [-0.3, -0.25) is 0 Å². The van der Waals surface area contributed by atoms with Crippen LogP contribution in [0, 0.1) is 5.92 Å². The molecular formula is C18H26N2. The third kappa shape index (κ3) is 3.73. The first-order valence-corrected chi connectivity index (χ1v) is 7.55. The number of aromatic nitrogens is 1. The summed E-state index contributed by atoms with van der Waals surface area (Å²) in [5, 5.41) is 4.81. The summed E-state index contributed by atoms with van der Waals surface area (Å²) in [5.41, 5.74) is 3.93. The van der Waals surface area contributed by atoms with E-state index >= 15 is 0 Å². The molecule has 0 amide bonds. The van der Waals surface area contributed by atoms with Gasteiger partial charge >= 0.3 is 0 Å². The lowest BCUT2D eigenvalue weighted by atomic mass is 10.1. The fourth-order valence-corrected chi connectivity index (χ4v) is 2.34. The molecule has 0 fully saturated rings. The maximum absolute atomic E-state index is 4.11. The zero-order valence-corrected chi connectivity index (χ0v) is 12.9. The molecule has 1 aromatic carbocycles. The summed E-state index contributed by atoms with van der Waals surface area (Å²) in [6.45, 7) is 13.7. The molecule has 1 N–H and O–H groups in total. The first kappa shape index (κ1) is 14.9. The molecule has 1 aromatic heterocycles. The molecule has 2 aromatic rings. The molecule has 0 unspecified atom stereocenters. The van der Waals surface area contributed by atoms with Crippen LogP contribution in [0.5, 0.6) is 0 Å². The van der Waals surface area contributed by atoms with Gasteiger partial charge in [-0.2, -0.15) is 0 Å². The molecular weight excluding hydrogens is 244 g/mol. The molecule has 0 aliphatic heterocycles. The van der Waals surface area contributed by atoms with E-state index in [1.165, 1.54) is 22.0 Å². The van der Waals surface area contributed by atoms with Crippen LogP contribution < -0.4 is 5.32 Å². The van der Waals surface area contributed by atoms with Gasteiger partial charge in [-0.25, -0.2) is 0 Å². The van der Waals surface area contributed by atoms with Gasteiger partial charge in [0.25, 0.3) is 0 Å². The Morgan fingerprint density at radius 2 is 2.10 bits per heavy atom. The molecule has 1 heterocycles. The first-order valence-electron chi connectivity index (χ1n) is 7.55. The van der Waals surface area contributed by atoms with E-state index in [2.05, 4.69) is 67.7 Å². The molecule has 0 atom stereocenters. The highest BCUT2D eigenvalue weighted by molar-refractivity contribution is 5.80. The lowest BCUT2D eigenvalue weighted by Gasteiger charge is -2.10. The third-order valence-electron chi connectivity index (χ3n) is 3.61. The molecule has 0 saturated carbocycles. The molecule has 108 valence electrons. The highest BCUT2D eigenvalue weighted by Gasteiger charge is 2.03. The number of rotatable bonds is 7. The van der Waals surface area contributed by atoms with Crippen LogP contribution in [0.15, 0.2) is 42.6 Å². The van der Waals surface area contributed by atoms with Crippen molar-refractivity contribution < 1.29 is 0 Å². The van der Waals surface area contributed by atoms with Gasteiger partial charge in [0.2, 0.25) is 0 Å². The van der Waals surface area contributed by atoms with Crippen molar-refractivity contribution in [2.24, 2.45) is 5.92 Å². The summed E-state index contributed by atoms with van der Waals surface area (Å²) in [7, 11) is 0. The second-order valence-electron chi connectivity index (χ2n) is 5.97. The van der Waals surface area contributed by atoms with Gasteiger partial charge in [0.1, 0.15) is 0 Å². The standard InChI is InChI=1S/C18H26N2/c1-5-15(4)13-20-9-8-17-7-6-16(10-18(17)20)12-19-11-14(2)3/h6-10,14,19H,4-5,11-13H2,1-3H3. The van der Waals surface area contributed by atoms with Crippen molar-refractivity contribution in [3.63, 3.8) is 0 Å². The summed E-state index contributed by atoms with van der Waals surface area (Å²) in [4.78, 5) is 0. The van der Waals surface area contributed by atoms with Crippen LogP contribution in [0.1, 0.15) is 32.8 Å². The van der Waals surface area contributed by atoms with Crippen LogP contribution in [0.2, 0.25) is 0 Å². The summed E-state index contributed by atoms with van der Waals surface area (Å²) in [5.74, 6) is 0.690. The number of hydrogen-bond donors (Lipinski definition) is 1. The van der Waals surface area contributed by atoms with Crippen LogP contribution >= 0.6 is 0 Å². The van der Waals surface area contributed by atoms with Gasteiger partial charge in [0, 0.05) is 24.8 Å². The lowest BCUT2D eigenvalue weighted by molar-refractivity contribution is 0.552. The van der Waals surface area contributed by atoms with Crippen molar-refractivity contribution >= 4 is 10.9 Å². The second kappa shape index (κ2) is 6.76. The number of fused-ring (bicyclic) bond motifs is 1. The molecule has 2 nitrogen and oxygen atoms in total. The van der Waals surface area contributed by atoms with Crippen LogP contribution in [0.3, 0.4) is 0 Å². The number of nitrogens with zero attached hydrogens (tertiary/aromatic N) is 1. The van der Waals surface area contributed by atoms with Crippen LogP contribution in [0.25, 0.3) is 10.9 Å². The van der Waals surface area contributed by atoms with Gasteiger partial charge in [0.15, 0.2) is 0 Å². The molecule has 0 bridgehead atoms. The zero-order valence-electron chi connectivity index (χ0n) is 12.9. The highest BCUT2D eigenvalue weighted by Crippen LogP contribution is 2.19. The van der Waals surface area contributed by atoms with Crippen LogP contribution in [0.4, 0.5) is 0 Å². The fraction of sp³-hybridized carbons (Fsp3) is 0.444. The Kier molecular flexibility index (Phi) is 5.02. The Morgan fingerprint density at radius 1 is 1.30 bits per heavy atom. The summed E-state index contributed by atoms with van der Waals surface area (Å²) in [6.07, 6.45) is 3.20. The summed E-state index contributed by atoms with van der Waals surface area (Å²) >= 11 is 0. The lowest BCUT2D eigenvalue weighted by Crippen LogP contribution is -2.18. The van der Waals surface area contributed by atoms with Gasteiger partial charge in [0.05, 0.1) is 0 Å². The van der Waals surface area contributed by atoms with Crippen molar-refractivity contribution in [3.05, 3.63) is 48.2 Å². The Morgan fingerprint density at radius 3 is 2.80 bits per heavy atom. The third-order valence-corrected chi connectivity index (χ3v) is 3.61. The summed E-state index contributed by atoms with van der Waals surface area (Å²) < 4.78 is 2.30. The predicted molar refractivity (Wildman–Crippen MR) is 87.9 cm³/mol. The maximum atomic E-state index is 4.11. The minimum atomic E-state index is 0.690. The van der Waals surface area contributed by atoms with Gasteiger partial charge in [-0.15, -0.1) is 0 Å². The molecule has 0 aliphatic carbocycles. The Bertz CT molecular complexity index is 578. The molecule has 0 spiro atoms.